The number of rotatable bonds is 2. The summed E-state index contributed by atoms with van der Waals surface area (Å²) >= 11 is 0. The van der Waals surface area contributed by atoms with Crippen LogP contribution in [-0.2, 0) is 11.2 Å². The number of nitrogens with two attached hydrogens (primary N) is 1. The zero-order chi connectivity index (χ0) is 10.8. The number of ether oxygens (including phenoxy) is 1. The minimum atomic E-state index is -0.346. The van der Waals surface area contributed by atoms with Crippen molar-refractivity contribution in [2.24, 2.45) is 0 Å². The maximum absolute atomic E-state index is 11.7. The summed E-state index contributed by atoms with van der Waals surface area (Å²) in [5.74, 6) is -0.346. The van der Waals surface area contributed by atoms with E-state index >= 15 is 0 Å². The first-order valence-electron chi connectivity index (χ1n) is 5.06. The third kappa shape index (κ3) is 1.63. The summed E-state index contributed by atoms with van der Waals surface area (Å²) in [4.78, 5) is 11.7. The molecule has 4 nitrogen and oxygen atoms in total. The third-order valence-electron chi connectivity index (χ3n) is 2.50. The Morgan fingerprint density at radius 2 is 2.40 bits per heavy atom. The lowest BCUT2D eigenvalue weighted by Crippen LogP contribution is -2.10. The number of nitrogens with one attached hydrogen (secondary N) is 1. The molecule has 0 atom stereocenters. The van der Waals surface area contributed by atoms with Crippen molar-refractivity contribution < 1.29 is 9.53 Å². The second-order valence-electron chi connectivity index (χ2n) is 3.46. The van der Waals surface area contributed by atoms with E-state index in [-0.39, 0.29) is 5.97 Å². The summed E-state index contributed by atoms with van der Waals surface area (Å²) < 4.78 is 4.98. The largest absolute Gasteiger partial charge is 0.462 e. The molecule has 1 aliphatic rings. The van der Waals surface area contributed by atoms with E-state index in [9.17, 15) is 4.79 Å². The third-order valence-corrected chi connectivity index (χ3v) is 2.50. The molecule has 0 saturated heterocycles. The van der Waals surface area contributed by atoms with Crippen LogP contribution in [0.2, 0.25) is 0 Å². The quantitative estimate of drug-likeness (QED) is 0.567. The number of carbonyl (C=O) groups excluding carboxylic acids is 1. The van der Waals surface area contributed by atoms with E-state index in [1.807, 2.05) is 6.07 Å². The standard InChI is InChI=1S/C11H14N2O2/c1-2-15-11(14)9-8(12)4-3-7-5-6-13-10(7)9/h3-4,13H,2,5-6,12H2,1H3. The van der Waals surface area contributed by atoms with E-state index in [1.165, 1.54) is 0 Å². The van der Waals surface area contributed by atoms with Gasteiger partial charge in [0.2, 0.25) is 0 Å². The summed E-state index contributed by atoms with van der Waals surface area (Å²) in [5, 5.41) is 3.17. The van der Waals surface area contributed by atoms with Gasteiger partial charge in [-0.3, -0.25) is 0 Å². The van der Waals surface area contributed by atoms with Crippen molar-refractivity contribution in [1.29, 1.82) is 0 Å². The molecule has 15 heavy (non-hydrogen) atoms. The number of benzene rings is 1. The smallest absolute Gasteiger partial charge is 0.342 e. The minimum absolute atomic E-state index is 0.346. The molecule has 3 N–H and O–H groups in total. The number of nitrogen functional groups attached to an aromatic ring is 1. The lowest BCUT2D eigenvalue weighted by molar-refractivity contribution is 0.0529. The van der Waals surface area contributed by atoms with Crippen LogP contribution in [-0.4, -0.2) is 19.1 Å². The van der Waals surface area contributed by atoms with Gasteiger partial charge in [0.25, 0.3) is 0 Å². The van der Waals surface area contributed by atoms with Gasteiger partial charge in [-0.05, 0) is 25.0 Å². The van der Waals surface area contributed by atoms with Crippen LogP contribution in [0.1, 0.15) is 22.8 Å². The highest BCUT2D eigenvalue weighted by Crippen LogP contribution is 2.31. The van der Waals surface area contributed by atoms with Crippen LogP contribution in [0.5, 0.6) is 0 Å². The minimum Gasteiger partial charge on any atom is -0.462 e. The van der Waals surface area contributed by atoms with Gasteiger partial charge in [-0.15, -0.1) is 0 Å². The van der Waals surface area contributed by atoms with Crippen molar-refractivity contribution in [3.63, 3.8) is 0 Å². The van der Waals surface area contributed by atoms with Crippen LogP contribution in [0.3, 0.4) is 0 Å². The van der Waals surface area contributed by atoms with Gasteiger partial charge < -0.3 is 15.8 Å². The fraction of sp³-hybridized carbons (Fsp3) is 0.364. The molecular formula is C11H14N2O2. The molecule has 80 valence electrons. The lowest BCUT2D eigenvalue weighted by atomic mass is 10.1. The fourth-order valence-electron chi connectivity index (χ4n) is 1.82. The Morgan fingerprint density at radius 3 is 3.13 bits per heavy atom. The Balaban J connectivity index is 2.45. The zero-order valence-corrected chi connectivity index (χ0v) is 8.67. The molecule has 1 aromatic rings. The van der Waals surface area contributed by atoms with Crippen LogP contribution < -0.4 is 11.1 Å². The molecule has 0 unspecified atom stereocenters. The van der Waals surface area contributed by atoms with Crippen molar-refractivity contribution in [2.75, 3.05) is 24.2 Å². The van der Waals surface area contributed by atoms with Crippen molar-refractivity contribution in [3.05, 3.63) is 23.3 Å². The molecule has 0 saturated carbocycles. The average Bonchev–Trinajstić information content (AvgIpc) is 2.65. The van der Waals surface area contributed by atoms with Gasteiger partial charge in [-0.2, -0.15) is 0 Å². The maximum atomic E-state index is 11.7. The van der Waals surface area contributed by atoms with Gasteiger partial charge in [0, 0.05) is 12.2 Å². The molecule has 0 bridgehead atoms. The molecule has 1 heterocycles. The Morgan fingerprint density at radius 1 is 1.60 bits per heavy atom. The molecule has 2 rings (SSSR count). The van der Waals surface area contributed by atoms with Gasteiger partial charge in [0.1, 0.15) is 5.56 Å². The average molecular weight is 206 g/mol. The van der Waals surface area contributed by atoms with Crippen LogP contribution >= 0.6 is 0 Å². The lowest BCUT2D eigenvalue weighted by Gasteiger charge is -2.10. The molecule has 1 aliphatic heterocycles. The Labute approximate surface area is 88.4 Å². The topological polar surface area (TPSA) is 64.3 Å². The highest BCUT2D eigenvalue weighted by molar-refractivity contribution is 6.02. The predicted molar refractivity (Wildman–Crippen MR) is 59.0 cm³/mol. The Hall–Kier alpha value is -1.71. The molecule has 0 aromatic heterocycles. The fourth-order valence-corrected chi connectivity index (χ4v) is 1.82. The van der Waals surface area contributed by atoms with Crippen molar-refractivity contribution in [3.8, 4) is 0 Å². The monoisotopic (exact) mass is 206 g/mol. The maximum Gasteiger partial charge on any atom is 0.342 e. The molecule has 0 spiro atoms. The number of fused-ring (bicyclic) bond motifs is 1. The van der Waals surface area contributed by atoms with E-state index in [2.05, 4.69) is 5.32 Å². The zero-order valence-electron chi connectivity index (χ0n) is 8.67. The van der Waals surface area contributed by atoms with Gasteiger partial charge in [-0.1, -0.05) is 6.07 Å². The normalized spacial score (nSPS) is 13.1. The summed E-state index contributed by atoms with van der Waals surface area (Å²) in [6.45, 7) is 3.00. The summed E-state index contributed by atoms with van der Waals surface area (Å²) in [5.41, 5.74) is 8.71. The molecule has 4 heteroatoms. The van der Waals surface area contributed by atoms with E-state index in [4.69, 9.17) is 10.5 Å². The Kier molecular flexibility index (Phi) is 2.49. The molecule has 0 radical (unpaired) electrons. The first-order chi connectivity index (χ1) is 7.24. The van der Waals surface area contributed by atoms with Crippen LogP contribution in [0.15, 0.2) is 12.1 Å². The number of hydrogen-bond acceptors (Lipinski definition) is 4. The molecule has 0 aliphatic carbocycles. The van der Waals surface area contributed by atoms with Gasteiger partial charge >= 0.3 is 5.97 Å². The van der Waals surface area contributed by atoms with Crippen molar-refractivity contribution >= 4 is 17.3 Å². The second-order valence-corrected chi connectivity index (χ2v) is 3.46. The number of anilines is 2. The first-order valence-corrected chi connectivity index (χ1v) is 5.06. The molecule has 0 amide bonds. The molecule has 0 fully saturated rings. The van der Waals surface area contributed by atoms with Crippen LogP contribution in [0.25, 0.3) is 0 Å². The van der Waals surface area contributed by atoms with Gasteiger partial charge in [0.15, 0.2) is 0 Å². The van der Waals surface area contributed by atoms with E-state index < -0.39 is 0 Å². The van der Waals surface area contributed by atoms with E-state index in [0.29, 0.717) is 17.9 Å². The number of esters is 1. The number of hydrogen-bond donors (Lipinski definition) is 2. The highest BCUT2D eigenvalue weighted by atomic mass is 16.5. The van der Waals surface area contributed by atoms with Crippen molar-refractivity contribution in [1.82, 2.24) is 0 Å². The number of carbonyl (C=O) groups is 1. The second kappa shape index (κ2) is 3.81. The Bertz CT molecular complexity index is 402. The summed E-state index contributed by atoms with van der Waals surface area (Å²) in [6.07, 6.45) is 0.933. The van der Waals surface area contributed by atoms with E-state index in [1.54, 1.807) is 13.0 Å². The molecular weight excluding hydrogens is 192 g/mol. The molecule has 1 aromatic carbocycles. The van der Waals surface area contributed by atoms with Crippen LogP contribution in [0, 0.1) is 0 Å². The summed E-state index contributed by atoms with van der Waals surface area (Å²) in [7, 11) is 0. The SMILES string of the molecule is CCOC(=O)c1c(N)ccc2c1NCC2. The van der Waals surface area contributed by atoms with Crippen molar-refractivity contribution in [2.45, 2.75) is 13.3 Å². The predicted octanol–water partition coefficient (Wildman–Crippen LogP) is 1.41. The van der Waals surface area contributed by atoms with Gasteiger partial charge in [0.05, 0.1) is 12.3 Å². The first kappa shape index (κ1) is 9.83. The van der Waals surface area contributed by atoms with E-state index in [0.717, 1.165) is 24.2 Å². The highest BCUT2D eigenvalue weighted by Gasteiger charge is 2.22. The summed E-state index contributed by atoms with van der Waals surface area (Å²) in [6, 6.07) is 3.71. The van der Waals surface area contributed by atoms with Gasteiger partial charge in [-0.25, -0.2) is 4.79 Å². The van der Waals surface area contributed by atoms with Crippen LogP contribution in [0.4, 0.5) is 11.4 Å².